The molecule has 2 aromatic carbocycles. The normalized spacial score (nSPS) is 13.5. The van der Waals surface area contributed by atoms with Gasteiger partial charge in [0.25, 0.3) is 0 Å². The van der Waals surface area contributed by atoms with Gasteiger partial charge < -0.3 is 29.2 Å². The van der Waals surface area contributed by atoms with Crippen LogP contribution in [-0.2, 0) is 9.53 Å². The van der Waals surface area contributed by atoms with Crippen LogP contribution in [0, 0.1) is 0 Å². The van der Waals surface area contributed by atoms with E-state index < -0.39 is 0 Å². The van der Waals surface area contributed by atoms with Gasteiger partial charge in [-0.05, 0) is 48.0 Å². The number of morpholine rings is 1. The van der Waals surface area contributed by atoms with Crippen molar-refractivity contribution in [2.75, 3.05) is 57.8 Å². The van der Waals surface area contributed by atoms with Crippen LogP contribution in [0.15, 0.2) is 54.6 Å². The first kappa shape index (κ1) is 24.0. The minimum Gasteiger partial charge on any atom is -0.493 e. The fourth-order valence-corrected chi connectivity index (χ4v) is 3.75. The quantitative estimate of drug-likeness (QED) is 0.492. The molecular formula is C26H28N4O5. The SMILES string of the molecule is COc1cc(/C=C/C(=O)Nc2cccc(-c3ccc(N4CCOCC4)nn3)c2)cc(OC)c1OC. The van der Waals surface area contributed by atoms with Crippen molar-refractivity contribution in [3.63, 3.8) is 0 Å². The van der Waals surface area contributed by atoms with Crippen molar-refractivity contribution in [2.24, 2.45) is 0 Å². The minimum atomic E-state index is -0.273. The van der Waals surface area contributed by atoms with Crippen LogP contribution in [0.4, 0.5) is 11.5 Å². The standard InChI is InChI=1S/C26H28N4O5/c1-32-22-15-18(16-23(33-2)26(22)34-3)7-10-25(31)27-20-6-4-5-19(17-20)21-8-9-24(29-28-21)30-11-13-35-14-12-30/h4-10,15-17H,11-14H2,1-3H3,(H,27,31)/b10-7+. The maximum absolute atomic E-state index is 12.6. The molecule has 0 bridgehead atoms. The van der Waals surface area contributed by atoms with E-state index in [0.717, 1.165) is 35.7 Å². The molecule has 1 saturated heterocycles. The number of amides is 1. The Morgan fingerprint density at radius 2 is 1.71 bits per heavy atom. The first-order chi connectivity index (χ1) is 17.1. The molecule has 0 atom stereocenters. The minimum absolute atomic E-state index is 0.273. The Balaban J connectivity index is 1.44. The molecule has 1 aromatic heterocycles. The number of benzene rings is 2. The van der Waals surface area contributed by atoms with Gasteiger partial charge in [-0.15, -0.1) is 10.2 Å². The summed E-state index contributed by atoms with van der Waals surface area (Å²) in [5.74, 6) is 2.08. The van der Waals surface area contributed by atoms with Crippen molar-refractivity contribution in [3.8, 4) is 28.5 Å². The van der Waals surface area contributed by atoms with Crippen LogP contribution in [0.5, 0.6) is 17.2 Å². The summed E-state index contributed by atoms with van der Waals surface area (Å²) in [4.78, 5) is 14.7. The van der Waals surface area contributed by atoms with E-state index in [1.54, 1.807) is 39.5 Å². The number of methoxy groups -OCH3 is 3. The van der Waals surface area contributed by atoms with Crippen LogP contribution >= 0.6 is 0 Å². The lowest BCUT2D eigenvalue weighted by molar-refractivity contribution is -0.111. The maximum Gasteiger partial charge on any atom is 0.248 e. The lowest BCUT2D eigenvalue weighted by Gasteiger charge is -2.27. The molecule has 1 aliphatic heterocycles. The van der Waals surface area contributed by atoms with E-state index in [9.17, 15) is 4.79 Å². The predicted octanol–water partition coefficient (Wildman–Crippen LogP) is 3.66. The lowest BCUT2D eigenvalue weighted by Crippen LogP contribution is -2.36. The molecule has 1 aliphatic rings. The van der Waals surface area contributed by atoms with Gasteiger partial charge in [0.2, 0.25) is 11.7 Å². The first-order valence-electron chi connectivity index (χ1n) is 11.2. The maximum atomic E-state index is 12.6. The molecule has 0 aliphatic carbocycles. The summed E-state index contributed by atoms with van der Waals surface area (Å²) in [6, 6.07) is 14.9. The number of hydrogen-bond acceptors (Lipinski definition) is 8. The molecule has 0 radical (unpaired) electrons. The summed E-state index contributed by atoms with van der Waals surface area (Å²) in [5.41, 5.74) is 2.98. The monoisotopic (exact) mass is 476 g/mol. The largest absolute Gasteiger partial charge is 0.493 e. The summed E-state index contributed by atoms with van der Waals surface area (Å²) in [5, 5.41) is 11.6. The van der Waals surface area contributed by atoms with Crippen LogP contribution in [0.1, 0.15) is 5.56 Å². The molecular weight excluding hydrogens is 448 g/mol. The van der Waals surface area contributed by atoms with Gasteiger partial charge in [-0.2, -0.15) is 0 Å². The molecule has 4 rings (SSSR count). The van der Waals surface area contributed by atoms with Gasteiger partial charge in [0, 0.05) is 30.4 Å². The highest BCUT2D eigenvalue weighted by Gasteiger charge is 2.14. The molecule has 3 aromatic rings. The highest BCUT2D eigenvalue weighted by Crippen LogP contribution is 2.38. The zero-order valence-electron chi connectivity index (χ0n) is 20.0. The lowest BCUT2D eigenvalue weighted by atomic mass is 10.1. The van der Waals surface area contributed by atoms with Crippen LogP contribution < -0.4 is 24.4 Å². The van der Waals surface area contributed by atoms with E-state index >= 15 is 0 Å². The Morgan fingerprint density at radius 1 is 0.971 bits per heavy atom. The van der Waals surface area contributed by atoms with Crippen molar-refractivity contribution in [2.45, 2.75) is 0 Å². The highest BCUT2D eigenvalue weighted by atomic mass is 16.5. The third kappa shape index (κ3) is 5.88. The Labute approximate surface area is 204 Å². The average molecular weight is 477 g/mol. The topological polar surface area (TPSA) is 95.0 Å². The predicted molar refractivity (Wildman–Crippen MR) is 134 cm³/mol. The Hall–Kier alpha value is -4.11. The van der Waals surface area contributed by atoms with Crippen LogP contribution in [0.25, 0.3) is 17.3 Å². The van der Waals surface area contributed by atoms with E-state index in [1.165, 1.54) is 6.08 Å². The Morgan fingerprint density at radius 3 is 2.34 bits per heavy atom. The smallest absolute Gasteiger partial charge is 0.248 e. The van der Waals surface area contributed by atoms with Gasteiger partial charge in [-0.25, -0.2) is 0 Å². The summed E-state index contributed by atoms with van der Waals surface area (Å²) in [6.07, 6.45) is 3.13. The van der Waals surface area contributed by atoms with Crippen molar-refractivity contribution < 1.29 is 23.7 Å². The fraction of sp³-hybridized carbons (Fsp3) is 0.269. The molecule has 9 nitrogen and oxygen atoms in total. The number of nitrogens with zero attached hydrogens (tertiary/aromatic N) is 3. The zero-order chi connectivity index (χ0) is 24.6. The van der Waals surface area contributed by atoms with Crippen molar-refractivity contribution in [1.82, 2.24) is 10.2 Å². The molecule has 0 spiro atoms. The number of nitrogens with one attached hydrogen (secondary N) is 1. The zero-order valence-corrected chi connectivity index (χ0v) is 20.0. The fourth-order valence-electron chi connectivity index (χ4n) is 3.75. The second-order valence-electron chi connectivity index (χ2n) is 7.74. The molecule has 182 valence electrons. The third-order valence-corrected chi connectivity index (χ3v) is 5.53. The average Bonchev–Trinajstić information content (AvgIpc) is 2.92. The van der Waals surface area contributed by atoms with Gasteiger partial charge in [-0.1, -0.05) is 12.1 Å². The second-order valence-corrected chi connectivity index (χ2v) is 7.74. The highest BCUT2D eigenvalue weighted by molar-refractivity contribution is 6.02. The van der Waals surface area contributed by atoms with Gasteiger partial charge in [-0.3, -0.25) is 4.79 Å². The summed E-state index contributed by atoms with van der Waals surface area (Å²) < 4.78 is 21.4. The molecule has 35 heavy (non-hydrogen) atoms. The molecule has 2 heterocycles. The number of anilines is 2. The number of aromatic nitrogens is 2. The first-order valence-corrected chi connectivity index (χ1v) is 11.2. The van der Waals surface area contributed by atoms with Crippen LogP contribution in [-0.4, -0.2) is 63.7 Å². The Kier molecular flexibility index (Phi) is 7.79. The van der Waals surface area contributed by atoms with Crippen molar-refractivity contribution >= 4 is 23.5 Å². The Bertz CT molecular complexity index is 1170. The van der Waals surface area contributed by atoms with Crippen molar-refractivity contribution in [3.05, 3.63) is 60.2 Å². The number of hydrogen-bond donors (Lipinski definition) is 1. The molecule has 1 amide bonds. The van der Waals surface area contributed by atoms with E-state index in [-0.39, 0.29) is 5.91 Å². The number of carbonyl (C=O) groups excluding carboxylic acids is 1. The van der Waals surface area contributed by atoms with Crippen molar-refractivity contribution in [1.29, 1.82) is 0 Å². The van der Waals surface area contributed by atoms with E-state index in [2.05, 4.69) is 20.4 Å². The van der Waals surface area contributed by atoms with E-state index in [1.807, 2.05) is 36.4 Å². The van der Waals surface area contributed by atoms with Gasteiger partial charge in [0.05, 0.1) is 40.2 Å². The third-order valence-electron chi connectivity index (χ3n) is 5.53. The number of carbonyl (C=O) groups is 1. The van der Waals surface area contributed by atoms with Gasteiger partial charge in [0.1, 0.15) is 0 Å². The summed E-state index contributed by atoms with van der Waals surface area (Å²) >= 11 is 0. The van der Waals surface area contributed by atoms with E-state index in [4.69, 9.17) is 18.9 Å². The van der Waals surface area contributed by atoms with Crippen LogP contribution in [0.3, 0.4) is 0 Å². The summed E-state index contributed by atoms with van der Waals surface area (Å²) in [7, 11) is 4.64. The molecule has 0 saturated carbocycles. The second kappa shape index (κ2) is 11.3. The number of ether oxygens (including phenoxy) is 4. The van der Waals surface area contributed by atoms with Gasteiger partial charge in [0.15, 0.2) is 17.3 Å². The number of rotatable bonds is 8. The van der Waals surface area contributed by atoms with Crippen LogP contribution in [0.2, 0.25) is 0 Å². The molecule has 1 fully saturated rings. The molecule has 9 heteroatoms. The van der Waals surface area contributed by atoms with Gasteiger partial charge >= 0.3 is 0 Å². The molecule has 1 N–H and O–H groups in total. The van der Waals surface area contributed by atoms with E-state index in [0.29, 0.717) is 36.1 Å². The summed E-state index contributed by atoms with van der Waals surface area (Å²) in [6.45, 7) is 3.00. The molecule has 0 unspecified atom stereocenters.